The lowest BCUT2D eigenvalue weighted by Crippen LogP contribution is -2.30. The van der Waals surface area contributed by atoms with Crippen LogP contribution in [0.25, 0.3) is 0 Å². The van der Waals surface area contributed by atoms with Gasteiger partial charge in [0.2, 0.25) is 11.8 Å². The van der Waals surface area contributed by atoms with Crippen LogP contribution in [0.15, 0.2) is 53.7 Å². The van der Waals surface area contributed by atoms with Gasteiger partial charge in [-0.25, -0.2) is 4.39 Å². The Bertz CT molecular complexity index is 1250. The second-order valence-electron chi connectivity index (χ2n) is 8.74. The SMILES string of the molecule is CCCn1c(CC(=O)Nc2ccc(F)cc2)nnc1SC(C)C(=O)Nc1cccc(C(=O)NC(C)C)c1. The van der Waals surface area contributed by atoms with Gasteiger partial charge in [-0.2, -0.15) is 0 Å². The molecule has 3 aromatic rings. The Morgan fingerprint density at radius 2 is 1.73 bits per heavy atom. The highest BCUT2D eigenvalue weighted by atomic mass is 32.2. The molecular weight excluding hydrogens is 495 g/mol. The fourth-order valence-corrected chi connectivity index (χ4v) is 4.30. The van der Waals surface area contributed by atoms with Crippen LogP contribution in [0.5, 0.6) is 0 Å². The number of rotatable bonds is 11. The van der Waals surface area contributed by atoms with Crippen molar-refractivity contribution >= 4 is 40.9 Å². The first-order chi connectivity index (χ1) is 17.7. The van der Waals surface area contributed by atoms with Crippen molar-refractivity contribution in [2.45, 2.75) is 63.5 Å². The first kappa shape index (κ1) is 27.9. The van der Waals surface area contributed by atoms with Crippen molar-refractivity contribution in [1.82, 2.24) is 20.1 Å². The van der Waals surface area contributed by atoms with Crippen LogP contribution < -0.4 is 16.0 Å². The minimum absolute atomic E-state index is 0.00141. The number of thioether (sulfide) groups is 1. The predicted octanol–water partition coefficient (Wildman–Crippen LogP) is 4.27. The quantitative estimate of drug-likeness (QED) is 0.321. The van der Waals surface area contributed by atoms with Crippen LogP contribution >= 0.6 is 11.8 Å². The van der Waals surface area contributed by atoms with Gasteiger partial charge in [0.15, 0.2) is 5.16 Å². The predicted molar refractivity (Wildman–Crippen MR) is 142 cm³/mol. The van der Waals surface area contributed by atoms with Crippen LogP contribution in [0.3, 0.4) is 0 Å². The maximum absolute atomic E-state index is 13.1. The van der Waals surface area contributed by atoms with E-state index >= 15 is 0 Å². The number of anilines is 2. The van der Waals surface area contributed by atoms with E-state index < -0.39 is 5.25 Å². The summed E-state index contributed by atoms with van der Waals surface area (Å²) in [5.41, 5.74) is 1.46. The Labute approximate surface area is 219 Å². The smallest absolute Gasteiger partial charge is 0.251 e. The highest BCUT2D eigenvalue weighted by molar-refractivity contribution is 8.00. The van der Waals surface area contributed by atoms with E-state index in [0.717, 1.165) is 6.42 Å². The molecule has 196 valence electrons. The van der Waals surface area contributed by atoms with E-state index in [-0.39, 0.29) is 36.0 Å². The van der Waals surface area contributed by atoms with Crippen LogP contribution in [-0.2, 0) is 22.6 Å². The summed E-state index contributed by atoms with van der Waals surface area (Å²) in [5.74, 6) is -0.685. The maximum Gasteiger partial charge on any atom is 0.251 e. The molecule has 1 unspecified atom stereocenters. The molecule has 0 saturated heterocycles. The number of carbonyl (C=O) groups excluding carboxylic acids is 3. The fourth-order valence-electron chi connectivity index (χ4n) is 3.41. The molecule has 1 atom stereocenters. The van der Waals surface area contributed by atoms with Crippen LogP contribution in [0.4, 0.5) is 15.8 Å². The van der Waals surface area contributed by atoms with Crippen molar-refractivity contribution in [3.8, 4) is 0 Å². The highest BCUT2D eigenvalue weighted by Crippen LogP contribution is 2.24. The van der Waals surface area contributed by atoms with E-state index in [9.17, 15) is 18.8 Å². The molecule has 37 heavy (non-hydrogen) atoms. The first-order valence-corrected chi connectivity index (χ1v) is 12.9. The second kappa shape index (κ2) is 13.0. The van der Waals surface area contributed by atoms with E-state index in [1.54, 1.807) is 31.2 Å². The Kier molecular flexibility index (Phi) is 9.78. The fraction of sp³-hybridized carbons (Fsp3) is 0.346. The van der Waals surface area contributed by atoms with Gasteiger partial charge >= 0.3 is 0 Å². The normalized spacial score (nSPS) is 11.7. The Morgan fingerprint density at radius 3 is 2.41 bits per heavy atom. The van der Waals surface area contributed by atoms with Crippen LogP contribution in [-0.4, -0.2) is 43.8 Å². The number of nitrogens with zero attached hydrogens (tertiary/aromatic N) is 3. The number of nitrogens with one attached hydrogen (secondary N) is 3. The standard InChI is InChI=1S/C26H31FN6O3S/c1-5-13-33-22(15-23(34)29-20-11-9-19(27)10-12-20)31-32-26(33)37-17(4)24(35)30-21-8-6-7-18(14-21)25(36)28-16(2)3/h6-12,14,16-17H,5,13,15H2,1-4H3,(H,28,36)(H,29,34)(H,30,35). The van der Waals surface area contributed by atoms with Gasteiger partial charge in [0.25, 0.3) is 5.91 Å². The lowest BCUT2D eigenvalue weighted by atomic mass is 10.1. The van der Waals surface area contributed by atoms with Crippen molar-refractivity contribution in [1.29, 1.82) is 0 Å². The molecule has 0 aliphatic carbocycles. The summed E-state index contributed by atoms with van der Waals surface area (Å²) in [7, 11) is 0. The van der Waals surface area contributed by atoms with Crippen molar-refractivity contribution in [3.05, 3.63) is 65.7 Å². The molecule has 3 N–H and O–H groups in total. The zero-order valence-electron chi connectivity index (χ0n) is 21.2. The molecule has 3 rings (SSSR count). The summed E-state index contributed by atoms with van der Waals surface area (Å²) in [6.45, 7) is 8.08. The minimum atomic E-state index is -0.520. The summed E-state index contributed by atoms with van der Waals surface area (Å²) in [6, 6.07) is 12.3. The van der Waals surface area contributed by atoms with Crippen molar-refractivity contribution in [2.24, 2.45) is 0 Å². The number of carbonyl (C=O) groups is 3. The number of hydrogen-bond donors (Lipinski definition) is 3. The van der Waals surface area contributed by atoms with Crippen LogP contribution in [0.2, 0.25) is 0 Å². The van der Waals surface area contributed by atoms with Crippen molar-refractivity contribution < 1.29 is 18.8 Å². The third-order valence-electron chi connectivity index (χ3n) is 5.15. The summed E-state index contributed by atoms with van der Waals surface area (Å²) < 4.78 is 14.9. The molecule has 0 aliphatic heterocycles. The van der Waals surface area contributed by atoms with Crippen LogP contribution in [0.1, 0.15) is 50.3 Å². The maximum atomic E-state index is 13.1. The zero-order chi connectivity index (χ0) is 26.9. The van der Waals surface area contributed by atoms with E-state index in [2.05, 4.69) is 26.1 Å². The van der Waals surface area contributed by atoms with Gasteiger partial charge in [-0.15, -0.1) is 10.2 Å². The average Bonchev–Trinajstić information content (AvgIpc) is 3.21. The average molecular weight is 527 g/mol. The van der Waals surface area contributed by atoms with E-state index in [0.29, 0.717) is 34.5 Å². The third-order valence-corrected chi connectivity index (χ3v) is 6.23. The van der Waals surface area contributed by atoms with Gasteiger partial charge in [-0.05, 0) is 69.7 Å². The molecule has 11 heteroatoms. The molecule has 0 spiro atoms. The number of amides is 3. The highest BCUT2D eigenvalue weighted by Gasteiger charge is 2.21. The summed E-state index contributed by atoms with van der Waals surface area (Å²) >= 11 is 1.23. The molecule has 0 fully saturated rings. The third kappa shape index (κ3) is 8.14. The van der Waals surface area contributed by atoms with Gasteiger partial charge in [0.05, 0.1) is 11.7 Å². The Balaban J connectivity index is 1.64. The summed E-state index contributed by atoms with van der Waals surface area (Å²) in [4.78, 5) is 37.7. The number of halogens is 1. The lowest BCUT2D eigenvalue weighted by molar-refractivity contribution is -0.116. The Morgan fingerprint density at radius 1 is 1.00 bits per heavy atom. The molecule has 3 amide bonds. The number of benzene rings is 2. The van der Waals surface area contributed by atoms with E-state index in [1.165, 1.54) is 36.0 Å². The molecule has 2 aromatic carbocycles. The van der Waals surface area contributed by atoms with Gasteiger partial charge in [0, 0.05) is 29.5 Å². The second-order valence-corrected chi connectivity index (χ2v) is 10.0. The van der Waals surface area contributed by atoms with Crippen LogP contribution in [0, 0.1) is 5.82 Å². The molecule has 0 bridgehead atoms. The molecule has 1 aromatic heterocycles. The van der Waals surface area contributed by atoms with Crippen molar-refractivity contribution in [2.75, 3.05) is 10.6 Å². The van der Waals surface area contributed by atoms with Gasteiger partial charge in [-0.3, -0.25) is 14.4 Å². The Hall–Kier alpha value is -3.73. The van der Waals surface area contributed by atoms with E-state index in [4.69, 9.17) is 0 Å². The molecular formula is C26H31FN6O3S. The molecule has 0 saturated carbocycles. The summed E-state index contributed by atoms with van der Waals surface area (Å²) in [5, 5.41) is 16.8. The molecule has 1 heterocycles. The molecule has 9 nitrogen and oxygen atoms in total. The van der Waals surface area contributed by atoms with Gasteiger partial charge < -0.3 is 20.5 Å². The number of aromatic nitrogens is 3. The lowest BCUT2D eigenvalue weighted by Gasteiger charge is -2.14. The monoisotopic (exact) mass is 526 g/mol. The van der Waals surface area contributed by atoms with Gasteiger partial charge in [-0.1, -0.05) is 24.8 Å². The van der Waals surface area contributed by atoms with Crippen molar-refractivity contribution in [3.63, 3.8) is 0 Å². The molecule has 0 aliphatic rings. The largest absolute Gasteiger partial charge is 0.350 e. The van der Waals surface area contributed by atoms with E-state index in [1.807, 2.05) is 25.3 Å². The minimum Gasteiger partial charge on any atom is -0.350 e. The molecule has 0 radical (unpaired) electrons. The summed E-state index contributed by atoms with van der Waals surface area (Å²) in [6.07, 6.45) is 0.765. The topological polar surface area (TPSA) is 118 Å². The zero-order valence-corrected chi connectivity index (χ0v) is 22.1. The number of hydrogen-bond acceptors (Lipinski definition) is 6. The first-order valence-electron chi connectivity index (χ1n) is 12.0. The van der Waals surface area contributed by atoms with Gasteiger partial charge in [0.1, 0.15) is 11.6 Å².